The second-order valence-electron chi connectivity index (χ2n) is 3.43. The van der Waals surface area contributed by atoms with Gasteiger partial charge in [-0.1, -0.05) is 6.07 Å². The van der Waals surface area contributed by atoms with Gasteiger partial charge in [0.05, 0.1) is 0 Å². The number of hydrogen-bond donors (Lipinski definition) is 1. The van der Waals surface area contributed by atoms with Gasteiger partial charge in [-0.15, -0.1) is 0 Å². The predicted octanol–water partition coefficient (Wildman–Crippen LogP) is 1.76. The van der Waals surface area contributed by atoms with Crippen LogP contribution in [0.3, 0.4) is 0 Å². The van der Waals surface area contributed by atoms with Gasteiger partial charge in [-0.05, 0) is 12.1 Å². The molecule has 0 aliphatic rings. The van der Waals surface area contributed by atoms with E-state index < -0.39 is 18.6 Å². The maximum absolute atomic E-state index is 12.1. The molecule has 0 bridgehead atoms. The number of amides is 1. The lowest BCUT2D eigenvalue weighted by Gasteiger charge is -2.18. The molecule has 7 heteroatoms. The maximum atomic E-state index is 12.1. The molecule has 0 unspecified atom stereocenters. The summed E-state index contributed by atoms with van der Waals surface area (Å²) in [5.41, 5.74) is -0.0244. The van der Waals surface area contributed by atoms with E-state index in [-0.39, 0.29) is 5.69 Å². The molecule has 1 heterocycles. The van der Waals surface area contributed by atoms with E-state index in [4.69, 9.17) is 0 Å². The molecule has 0 atom stereocenters. The lowest BCUT2D eigenvalue weighted by atomic mass is 10.3. The molecule has 0 aromatic carbocycles. The van der Waals surface area contributed by atoms with Gasteiger partial charge in [-0.25, -0.2) is 4.98 Å². The smallest absolute Gasteiger partial charge is 0.373 e. The van der Waals surface area contributed by atoms with Crippen LogP contribution in [0, 0.1) is 0 Å². The van der Waals surface area contributed by atoms with Crippen LogP contribution in [0.5, 0.6) is 0 Å². The van der Waals surface area contributed by atoms with Crippen LogP contribution in [0.15, 0.2) is 18.2 Å². The molecule has 0 saturated heterocycles. The zero-order valence-corrected chi connectivity index (χ0v) is 9.38. The van der Waals surface area contributed by atoms with Crippen molar-refractivity contribution in [1.29, 1.82) is 0 Å². The Morgan fingerprint density at radius 2 is 2.12 bits per heavy atom. The molecule has 1 aromatic rings. The van der Waals surface area contributed by atoms with E-state index in [1.165, 1.54) is 6.07 Å². The first kappa shape index (κ1) is 13.3. The summed E-state index contributed by atoms with van der Waals surface area (Å²) in [6.45, 7) is -1.29. The molecule has 0 fully saturated rings. The molecule has 0 saturated carbocycles. The number of aromatic nitrogens is 1. The first-order chi connectivity index (χ1) is 7.83. The third kappa shape index (κ3) is 3.93. The number of anilines is 1. The van der Waals surface area contributed by atoms with Crippen LogP contribution in [0.1, 0.15) is 10.5 Å². The molecule has 94 valence electrons. The van der Waals surface area contributed by atoms with Crippen molar-refractivity contribution in [3.63, 3.8) is 0 Å². The van der Waals surface area contributed by atoms with Gasteiger partial charge in [0.15, 0.2) is 0 Å². The van der Waals surface area contributed by atoms with E-state index in [0.29, 0.717) is 10.7 Å². The van der Waals surface area contributed by atoms with E-state index in [1.807, 2.05) is 0 Å². The lowest BCUT2D eigenvalue weighted by molar-refractivity contribution is -0.138. The van der Waals surface area contributed by atoms with Crippen molar-refractivity contribution in [3.8, 4) is 0 Å². The van der Waals surface area contributed by atoms with E-state index >= 15 is 0 Å². The maximum Gasteiger partial charge on any atom is 0.406 e. The summed E-state index contributed by atoms with van der Waals surface area (Å²) in [7, 11) is 2.69. The van der Waals surface area contributed by atoms with E-state index in [9.17, 15) is 18.0 Å². The van der Waals surface area contributed by atoms with Crippen LogP contribution in [0.25, 0.3) is 0 Å². The van der Waals surface area contributed by atoms with Crippen molar-refractivity contribution in [2.24, 2.45) is 0 Å². The van der Waals surface area contributed by atoms with E-state index in [2.05, 4.69) is 10.3 Å². The molecule has 0 aliphatic heterocycles. The van der Waals surface area contributed by atoms with Crippen molar-refractivity contribution in [2.75, 3.05) is 26.0 Å². The Bertz CT molecular complexity index is 406. The van der Waals surface area contributed by atoms with Crippen molar-refractivity contribution < 1.29 is 18.0 Å². The minimum absolute atomic E-state index is 0.0244. The van der Waals surface area contributed by atoms with Crippen LogP contribution < -0.4 is 5.32 Å². The molecule has 17 heavy (non-hydrogen) atoms. The van der Waals surface area contributed by atoms with Crippen molar-refractivity contribution >= 4 is 11.7 Å². The van der Waals surface area contributed by atoms with Crippen molar-refractivity contribution in [3.05, 3.63) is 23.9 Å². The molecule has 0 spiro atoms. The van der Waals surface area contributed by atoms with Crippen LogP contribution in [0.4, 0.5) is 19.0 Å². The summed E-state index contributed by atoms with van der Waals surface area (Å²) in [6, 6.07) is 4.53. The Balaban J connectivity index is 2.81. The van der Waals surface area contributed by atoms with Gasteiger partial charge in [-0.2, -0.15) is 13.2 Å². The zero-order chi connectivity index (χ0) is 13.1. The minimum atomic E-state index is -4.41. The van der Waals surface area contributed by atoms with Gasteiger partial charge >= 0.3 is 6.18 Å². The van der Waals surface area contributed by atoms with Crippen molar-refractivity contribution in [1.82, 2.24) is 9.88 Å². The molecule has 0 radical (unpaired) electrons. The highest BCUT2D eigenvalue weighted by atomic mass is 19.4. The third-order valence-corrected chi connectivity index (χ3v) is 1.99. The molecular weight excluding hydrogens is 235 g/mol. The normalized spacial score (nSPS) is 11.1. The summed E-state index contributed by atoms with van der Waals surface area (Å²) in [5.74, 6) is -0.337. The number of nitrogens with zero attached hydrogens (tertiary/aromatic N) is 2. The number of rotatable bonds is 3. The summed E-state index contributed by atoms with van der Waals surface area (Å²) in [4.78, 5) is 16.1. The molecule has 0 aliphatic carbocycles. The third-order valence-electron chi connectivity index (χ3n) is 1.99. The Hall–Kier alpha value is -1.79. The van der Waals surface area contributed by atoms with Crippen LogP contribution in [0.2, 0.25) is 0 Å². The Morgan fingerprint density at radius 3 is 2.65 bits per heavy atom. The van der Waals surface area contributed by atoms with Gasteiger partial charge < -0.3 is 10.2 Å². The summed E-state index contributed by atoms with van der Waals surface area (Å²) in [6.07, 6.45) is -4.41. The average molecular weight is 247 g/mol. The largest absolute Gasteiger partial charge is 0.406 e. The number of hydrogen-bond acceptors (Lipinski definition) is 3. The standard InChI is InChI=1S/C10H12F3N3O/c1-14-8-5-3-4-7(15-8)9(17)16(2)6-10(11,12)13/h3-5H,6H2,1-2H3,(H,14,15). The predicted molar refractivity (Wildman–Crippen MR) is 56.8 cm³/mol. The second-order valence-corrected chi connectivity index (χ2v) is 3.43. The average Bonchev–Trinajstić information content (AvgIpc) is 2.26. The fourth-order valence-corrected chi connectivity index (χ4v) is 1.23. The molecule has 4 nitrogen and oxygen atoms in total. The number of pyridine rings is 1. The fourth-order valence-electron chi connectivity index (χ4n) is 1.23. The summed E-state index contributed by atoms with van der Waals surface area (Å²) in [5, 5.41) is 2.71. The van der Waals surface area contributed by atoms with Gasteiger partial charge in [0.1, 0.15) is 18.1 Å². The Kier molecular flexibility index (Phi) is 3.93. The highest BCUT2D eigenvalue weighted by molar-refractivity contribution is 5.92. The molecule has 1 N–H and O–H groups in total. The van der Waals surface area contributed by atoms with Gasteiger partial charge in [-0.3, -0.25) is 4.79 Å². The number of carbonyl (C=O) groups is 1. The molecule has 1 amide bonds. The van der Waals surface area contributed by atoms with Crippen LogP contribution in [-0.2, 0) is 0 Å². The van der Waals surface area contributed by atoms with Gasteiger partial charge in [0, 0.05) is 14.1 Å². The Labute approximate surface area is 96.4 Å². The quantitative estimate of drug-likeness (QED) is 0.885. The van der Waals surface area contributed by atoms with Crippen LogP contribution in [-0.4, -0.2) is 42.6 Å². The number of nitrogens with one attached hydrogen (secondary N) is 1. The Morgan fingerprint density at radius 1 is 1.47 bits per heavy atom. The monoisotopic (exact) mass is 247 g/mol. The van der Waals surface area contributed by atoms with Crippen molar-refractivity contribution in [2.45, 2.75) is 6.18 Å². The first-order valence-electron chi connectivity index (χ1n) is 4.80. The van der Waals surface area contributed by atoms with E-state index in [0.717, 1.165) is 7.05 Å². The van der Waals surface area contributed by atoms with Gasteiger partial charge in [0.2, 0.25) is 0 Å². The molecule has 1 aromatic heterocycles. The second kappa shape index (κ2) is 5.03. The van der Waals surface area contributed by atoms with Gasteiger partial charge in [0.25, 0.3) is 5.91 Å². The highest BCUT2D eigenvalue weighted by Gasteiger charge is 2.31. The number of carbonyl (C=O) groups excluding carboxylic acids is 1. The lowest BCUT2D eigenvalue weighted by Crippen LogP contribution is -2.36. The highest BCUT2D eigenvalue weighted by Crippen LogP contribution is 2.16. The summed E-state index contributed by atoms with van der Waals surface area (Å²) >= 11 is 0. The molecule has 1 rings (SSSR count). The molecular formula is C10H12F3N3O. The SMILES string of the molecule is CNc1cccc(C(=O)N(C)CC(F)(F)F)n1. The minimum Gasteiger partial charge on any atom is -0.373 e. The number of alkyl halides is 3. The van der Waals surface area contributed by atoms with E-state index in [1.54, 1.807) is 19.2 Å². The van der Waals surface area contributed by atoms with Crippen LogP contribution >= 0.6 is 0 Å². The first-order valence-corrected chi connectivity index (χ1v) is 4.80. The topological polar surface area (TPSA) is 45.2 Å². The fraction of sp³-hybridized carbons (Fsp3) is 0.400. The summed E-state index contributed by atoms with van der Waals surface area (Å²) < 4.78 is 36.3. The zero-order valence-electron chi connectivity index (χ0n) is 9.38. The number of halogens is 3.